The summed E-state index contributed by atoms with van der Waals surface area (Å²) in [5, 5.41) is 6.25. The van der Waals surface area contributed by atoms with Gasteiger partial charge >= 0.3 is 12.0 Å². The van der Waals surface area contributed by atoms with E-state index in [9.17, 15) is 9.59 Å². The molecule has 4 rings (SSSR count). The second-order valence-electron chi connectivity index (χ2n) is 7.36. The molecule has 2 N–H and O–H groups in total. The van der Waals surface area contributed by atoms with Gasteiger partial charge in [-0.05, 0) is 36.2 Å². The van der Waals surface area contributed by atoms with Crippen molar-refractivity contribution in [1.29, 1.82) is 0 Å². The van der Waals surface area contributed by atoms with Crippen molar-refractivity contribution < 1.29 is 19.1 Å². The summed E-state index contributed by atoms with van der Waals surface area (Å²) in [5.74, 6) is 0.150. The summed E-state index contributed by atoms with van der Waals surface area (Å²) in [7, 11) is 0. The minimum Gasteiger partial charge on any atom is -0.489 e. The van der Waals surface area contributed by atoms with Crippen molar-refractivity contribution in [2.45, 2.75) is 19.6 Å². The molecule has 0 aromatic heterocycles. The normalized spacial score (nSPS) is 15.5. The van der Waals surface area contributed by atoms with Crippen LogP contribution in [0.2, 0.25) is 5.02 Å². The average Bonchev–Trinajstić information content (AvgIpc) is 2.84. The zero-order valence-electron chi connectivity index (χ0n) is 18.0. The van der Waals surface area contributed by atoms with Crippen molar-refractivity contribution >= 4 is 29.3 Å². The predicted molar refractivity (Wildman–Crippen MR) is 127 cm³/mol. The van der Waals surface area contributed by atoms with Crippen LogP contribution in [0.25, 0.3) is 5.70 Å². The Hall–Kier alpha value is -3.77. The predicted octanol–water partition coefficient (Wildman–Crippen LogP) is 5.25. The third kappa shape index (κ3) is 5.18. The number of esters is 1. The van der Waals surface area contributed by atoms with Crippen molar-refractivity contribution in [1.82, 2.24) is 10.6 Å². The maximum Gasteiger partial charge on any atom is 0.338 e. The van der Waals surface area contributed by atoms with E-state index in [1.165, 1.54) is 0 Å². The van der Waals surface area contributed by atoms with Crippen LogP contribution < -0.4 is 15.4 Å². The van der Waals surface area contributed by atoms with E-state index < -0.39 is 18.0 Å². The summed E-state index contributed by atoms with van der Waals surface area (Å²) in [6.07, 6.45) is 0. The van der Waals surface area contributed by atoms with Crippen LogP contribution in [-0.2, 0) is 16.1 Å². The van der Waals surface area contributed by atoms with Gasteiger partial charge in [0.1, 0.15) is 12.4 Å². The van der Waals surface area contributed by atoms with Crippen LogP contribution in [-0.4, -0.2) is 18.6 Å². The number of rotatable bonds is 7. The van der Waals surface area contributed by atoms with Crippen molar-refractivity contribution in [3.8, 4) is 5.75 Å². The number of hydrogen-bond donors (Lipinski definition) is 2. The van der Waals surface area contributed by atoms with Crippen LogP contribution in [0.4, 0.5) is 4.79 Å². The first-order valence-electron chi connectivity index (χ1n) is 10.6. The number of halogens is 1. The molecule has 1 unspecified atom stereocenters. The number of benzene rings is 3. The van der Waals surface area contributed by atoms with Crippen LogP contribution >= 0.6 is 11.6 Å². The molecule has 3 aromatic carbocycles. The summed E-state index contributed by atoms with van der Waals surface area (Å²) >= 11 is 6.19. The monoisotopic (exact) mass is 462 g/mol. The maximum atomic E-state index is 12.9. The van der Waals surface area contributed by atoms with Crippen LogP contribution in [0.3, 0.4) is 0 Å². The summed E-state index contributed by atoms with van der Waals surface area (Å²) in [4.78, 5) is 25.4. The fourth-order valence-electron chi connectivity index (χ4n) is 3.61. The quantitative estimate of drug-likeness (QED) is 0.470. The molecule has 2 amide bonds. The fourth-order valence-corrected chi connectivity index (χ4v) is 3.80. The number of urea groups is 1. The number of hydrogen-bond acceptors (Lipinski definition) is 4. The van der Waals surface area contributed by atoms with E-state index in [1.807, 2.05) is 66.7 Å². The van der Waals surface area contributed by atoms with E-state index in [2.05, 4.69) is 10.6 Å². The van der Waals surface area contributed by atoms with E-state index >= 15 is 0 Å². The molecule has 0 aliphatic carbocycles. The van der Waals surface area contributed by atoms with E-state index in [0.717, 1.165) is 16.7 Å². The van der Waals surface area contributed by atoms with Gasteiger partial charge in [0.2, 0.25) is 0 Å². The van der Waals surface area contributed by atoms with Crippen LogP contribution in [0.15, 0.2) is 84.4 Å². The number of amides is 2. The van der Waals surface area contributed by atoms with E-state index in [4.69, 9.17) is 21.1 Å². The lowest BCUT2D eigenvalue weighted by Crippen LogP contribution is -2.45. The van der Waals surface area contributed by atoms with Crippen LogP contribution in [0.1, 0.15) is 29.7 Å². The summed E-state index contributed by atoms with van der Waals surface area (Å²) < 4.78 is 11.2. The topological polar surface area (TPSA) is 76.7 Å². The Morgan fingerprint density at radius 2 is 1.67 bits per heavy atom. The Balaban J connectivity index is 1.63. The van der Waals surface area contributed by atoms with Crippen LogP contribution in [0, 0.1) is 0 Å². The lowest BCUT2D eigenvalue weighted by molar-refractivity contribution is -0.138. The van der Waals surface area contributed by atoms with Gasteiger partial charge in [0.15, 0.2) is 0 Å². The lowest BCUT2D eigenvalue weighted by atomic mass is 9.92. The van der Waals surface area contributed by atoms with Gasteiger partial charge in [0.05, 0.1) is 23.9 Å². The molecule has 0 bridgehead atoms. The van der Waals surface area contributed by atoms with Gasteiger partial charge in [0.25, 0.3) is 0 Å². The second-order valence-corrected chi connectivity index (χ2v) is 7.76. The second kappa shape index (κ2) is 10.2. The Kier molecular flexibility index (Phi) is 6.95. The van der Waals surface area contributed by atoms with Crippen LogP contribution in [0.5, 0.6) is 5.75 Å². The highest BCUT2D eigenvalue weighted by molar-refractivity contribution is 6.31. The first-order chi connectivity index (χ1) is 16.1. The molecule has 1 heterocycles. The zero-order chi connectivity index (χ0) is 23.2. The molecule has 0 saturated carbocycles. The molecule has 7 heteroatoms. The Morgan fingerprint density at radius 3 is 2.36 bits per heavy atom. The maximum absolute atomic E-state index is 12.9. The number of ether oxygens (including phenoxy) is 2. The van der Waals surface area contributed by atoms with E-state index in [-0.39, 0.29) is 6.61 Å². The molecule has 168 valence electrons. The first-order valence-corrected chi connectivity index (χ1v) is 10.9. The standard InChI is InChI=1S/C26H23ClN2O4/c1-2-32-25(30)22-23(17-8-4-3-5-9-17)28-26(31)29-24(22)18-12-14-20(15-13-18)33-16-19-10-6-7-11-21(19)27/h3-15,24H,2,16H2,1H3,(H2,28,29,31). The largest absolute Gasteiger partial charge is 0.489 e. The fraction of sp³-hybridized carbons (Fsp3) is 0.154. The summed E-state index contributed by atoms with van der Waals surface area (Å²) in [5.41, 5.74) is 3.11. The van der Waals surface area contributed by atoms with Gasteiger partial charge in [-0.15, -0.1) is 0 Å². The molecule has 6 nitrogen and oxygen atoms in total. The van der Waals surface area contributed by atoms with Gasteiger partial charge in [-0.25, -0.2) is 9.59 Å². The van der Waals surface area contributed by atoms with E-state index in [0.29, 0.717) is 28.6 Å². The van der Waals surface area contributed by atoms with Gasteiger partial charge in [-0.1, -0.05) is 72.3 Å². The number of nitrogens with one attached hydrogen (secondary N) is 2. The third-order valence-corrected chi connectivity index (χ3v) is 5.56. The Morgan fingerprint density at radius 1 is 0.970 bits per heavy atom. The van der Waals surface area contributed by atoms with Gasteiger partial charge < -0.3 is 20.1 Å². The highest BCUT2D eigenvalue weighted by Crippen LogP contribution is 2.33. The van der Waals surface area contributed by atoms with Gasteiger partial charge in [-0.2, -0.15) is 0 Å². The van der Waals surface area contributed by atoms with E-state index in [1.54, 1.807) is 19.1 Å². The third-order valence-electron chi connectivity index (χ3n) is 5.20. The number of carbonyl (C=O) groups is 2. The molecular formula is C26H23ClN2O4. The Bertz CT molecular complexity index is 1180. The molecule has 3 aromatic rings. The molecule has 1 aliphatic heterocycles. The minimum atomic E-state index is -0.675. The molecule has 33 heavy (non-hydrogen) atoms. The minimum absolute atomic E-state index is 0.222. The molecule has 0 fully saturated rings. The molecule has 1 aliphatic rings. The highest BCUT2D eigenvalue weighted by Gasteiger charge is 2.34. The van der Waals surface area contributed by atoms with Crippen molar-refractivity contribution in [3.63, 3.8) is 0 Å². The molecule has 0 spiro atoms. The Labute approximate surface area is 197 Å². The van der Waals surface area contributed by atoms with Crippen molar-refractivity contribution in [3.05, 3.63) is 106 Å². The summed E-state index contributed by atoms with van der Waals surface area (Å²) in [6, 6.07) is 22.9. The molecule has 0 radical (unpaired) electrons. The molecule has 1 atom stereocenters. The lowest BCUT2D eigenvalue weighted by Gasteiger charge is -2.29. The highest BCUT2D eigenvalue weighted by atomic mass is 35.5. The zero-order valence-corrected chi connectivity index (χ0v) is 18.8. The average molecular weight is 463 g/mol. The SMILES string of the molecule is CCOC(=O)C1=C(c2ccccc2)NC(=O)NC1c1ccc(OCc2ccccc2Cl)cc1. The number of carbonyl (C=O) groups excluding carboxylic acids is 2. The molecular weight excluding hydrogens is 440 g/mol. The van der Waals surface area contributed by atoms with Crippen molar-refractivity contribution in [2.75, 3.05) is 6.61 Å². The first kappa shape index (κ1) is 22.4. The summed E-state index contributed by atoms with van der Waals surface area (Å²) in [6.45, 7) is 2.30. The van der Waals surface area contributed by atoms with Crippen molar-refractivity contribution in [2.24, 2.45) is 0 Å². The smallest absolute Gasteiger partial charge is 0.338 e. The van der Waals surface area contributed by atoms with Gasteiger partial charge in [0, 0.05) is 10.6 Å². The molecule has 0 saturated heterocycles. The van der Waals surface area contributed by atoms with Gasteiger partial charge in [-0.3, -0.25) is 0 Å².